The number of rotatable bonds is 4. The molecule has 2 amide bonds. The van der Waals surface area contributed by atoms with Crippen LogP contribution < -0.4 is 0 Å². The van der Waals surface area contributed by atoms with Crippen LogP contribution in [0.4, 0.5) is 31.1 Å². The molecule has 2 aromatic rings. The van der Waals surface area contributed by atoms with Crippen molar-refractivity contribution in [3.05, 3.63) is 41.5 Å². The first-order chi connectivity index (χ1) is 18.1. The van der Waals surface area contributed by atoms with Crippen molar-refractivity contribution in [2.45, 2.75) is 41.9 Å². The molecule has 0 unspecified atom stereocenters. The van der Waals surface area contributed by atoms with E-state index in [4.69, 9.17) is 0 Å². The SMILES string of the molecule is O=C(N1CC2(CC(c3nc(C(F)(F)F)n[nH]3)C2)C1)N1CC2(CN(Cc3ccc(S(=O)(=O)C(F)(F)F)cc3)C2)C1. The van der Waals surface area contributed by atoms with Gasteiger partial charge in [-0.15, -0.1) is 5.10 Å². The number of aromatic amines is 1. The van der Waals surface area contributed by atoms with Gasteiger partial charge in [-0.05, 0) is 30.5 Å². The Bertz CT molecular complexity index is 1380. The number of likely N-dealkylation sites (tertiary alicyclic amines) is 3. The molecule has 2 spiro atoms. The van der Waals surface area contributed by atoms with Crippen LogP contribution >= 0.6 is 0 Å². The van der Waals surface area contributed by atoms with Crippen LogP contribution in [-0.2, 0) is 22.6 Å². The minimum absolute atomic E-state index is 0.0121. The normalized spacial score (nSPS) is 22.8. The van der Waals surface area contributed by atoms with Crippen molar-refractivity contribution >= 4 is 15.9 Å². The molecule has 6 rings (SSSR count). The summed E-state index contributed by atoms with van der Waals surface area (Å²) >= 11 is 0. The Labute approximate surface area is 219 Å². The lowest BCUT2D eigenvalue weighted by molar-refractivity contribution is -0.144. The number of nitrogens with zero attached hydrogens (tertiary/aromatic N) is 5. The maximum Gasteiger partial charge on any atom is 0.501 e. The molecule has 4 heterocycles. The molecular formula is C23H24F6N6O3S. The Morgan fingerprint density at radius 3 is 2.00 bits per heavy atom. The number of aromatic nitrogens is 3. The number of alkyl halides is 6. The first-order valence-electron chi connectivity index (χ1n) is 12.2. The van der Waals surface area contributed by atoms with Crippen molar-refractivity contribution in [2.24, 2.45) is 10.8 Å². The molecule has 1 saturated carbocycles. The van der Waals surface area contributed by atoms with Crippen LogP contribution in [0.5, 0.6) is 0 Å². The average Bonchev–Trinajstić information content (AvgIpc) is 3.22. The molecule has 1 aromatic carbocycles. The quantitative estimate of drug-likeness (QED) is 0.560. The zero-order valence-corrected chi connectivity index (χ0v) is 21.2. The molecule has 0 atom stereocenters. The molecule has 39 heavy (non-hydrogen) atoms. The van der Waals surface area contributed by atoms with Crippen molar-refractivity contribution in [3.8, 4) is 0 Å². The minimum Gasteiger partial charge on any atom is -0.323 e. The predicted molar refractivity (Wildman–Crippen MR) is 122 cm³/mol. The first-order valence-corrected chi connectivity index (χ1v) is 13.7. The van der Waals surface area contributed by atoms with E-state index in [9.17, 15) is 39.6 Å². The largest absolute Gasteiger partial charge is 0.501 e. The second-order valence-corrected chi connectivity index (χ2v) is 13.3. The highest BCUT2D eigenvalue weighted by atomic mass is 32.2. The Morgan fingerprint density at radius 1 is 0.923 bits per heavy atom. The van der Waals surface area contributed by atoms with E-state index < -0.39 is 32.2 Å². The number of hydrogen-bond acceptors (Lipinski definition) is 6. The van der Waals surface area contributed by atoms with Gasteiger partial charge in [-0.2, -0.15) is 26.3 Å². The monoisotopic (exact) mass is 578 g/mol. The highest BCUT2D eigenvalue weighted by molar-refractivity contribution is 7.92. The van der Waals surface area contributed by atoms with Crippen LogP contribution in [0.3, 0.4) is 0 Å². The third-order valence-corrected chi connectivity index (χ3v) is 9.71. The summed E-state index contributed by atoms with van der Waals surface area (Å²) in [5, 5.41) is 5.63. The number of carbonyl (C=O) groups excluding carboxylic acids is 1. The smallest absolute Gasteiger partial charge is 0.323 e. The number of sulfone groups is 1. The summed E-state index contributed by atoms with van der Waals surface area (Å²) in [6, 6.07) is 4.64. The van der Waals surface area contributed by atoms with Gasteiger partial charge < -0.3 is 9.80 Å². The summed E-state index contributed by atoms with van der Waals surface area (Å²) in [6.45, 7) is 4.26. The Morgan fingerprint density at radius 2 is 1.49 bits per heavy atom. The number of urea groups is 1. The Balaban J connectivity index is 0.926. The van der Waals surface area contributed by atoms with E-state index in [0.29, 0.717) is 51.1 Å². The predicted octanol–water partition coefficient (Wildman–Crippen LogP) is 3.23. The van der Waals surface area contributed by atoms with Crippen LogP contribution in [0.1, 0.15) is 36.0 Å². The van der Waals surface area contributed by atoms with Crippen LogP contribution in [0.15, 0.2) is 29.2 Å². The number of amides is 2. The van der Waals surface area contributed by atoms with Crippen LogP contribution in [0.25, 0.3) is 0 Å². The van der Waals surface area contributed by atoms with Crippen molar-refractivity contribution in [2.75, 3.05) is 39.3 Å². The fourth-order valence-corrected chi connectivity index (χ4v) is 7.16. The molecule has 1 aromatic heterocycles. The fraction of sp³-hybridized carbons (Fsp3) is 0.609. The van der Waals surface area contributed by atoms with E-state index in [2.05, 4.69) is 20.1 Å². The van der Waals surface area contributed by atoms with Crippen molar-refractivity contribution < 1.29 is 39.6 Å². The van der Waals surface area contributed by atoms with Crippen molar-refractivity contribution in [1.29, 1.82) is 0 Å². The van der Waals surface area contributed by atoms with Gasteiger partial charge in [-0.1, -0.05) is 12.1 Å². The molecule has 0 bridgehead atoms. The lowest BCUT2D eigenvalue weighted by Crippen LogP contribution is -2.75. The maximum absolute atomic E-state index is 12.8. The zero-order valence-electron chi connectivity index (χ0n) is 20.4. The van der Waals surface area contributed by atoms with Crippen LogP contribution in [0.2, 0.25) is 0 Å². The summed E-state index contributed by atoms with van der Waals surface area (Å²) in [4.78, 5) is 21.3. The number of nitrogens with one attached hydrogen (secondary N) is 1. The lowest BCUT2D eigenvalue weighted by Gasteiger charge is -2.63. The second kappa shape index (κ2) is 8.32. The van der Waals surface area contributed by atoms with E-state index in [1.807, 2.05) is 0 Å². The maximum atomic E-state index is 12.8. The molecule has 212 valence electrons. The molecule has 4 fully saturated rings. The summed E-state index contributed by atoms with van der Waals surface area (Å²) in [7, 11) is -5.37. The number of H-pyrrole nitrogens is 1. The fourth-order valence-electron chi connectivity index (χ4n) is 6.40. The van der Waals surface area contributed by atoms with Gasteiger partial charge >= 0.3 is 17.7 Å². The van der Waals surface area contributed by atoms with E-state index in [1.54, 1.807) is 9.80 Å². The molecule has 1 N–H and O–H groups in total. The molecule has 3 saturated heterocycles. The second-order valence-electron chi connectivity index (χ2n) is 11.4. The van der Waals surface area contributed by atoms with E-state index in [0.717, 1.165) is 25.2 Å². The highest BCUT2D eigenvalue weighted by Crippen LogP contribution is 2.56. The molecule has 1 aliphatic carbocycles. The van der Waals surface area contributed by atoms with Crippen molar-refractivity contribution in [3.63, 3.8) is 0 Å². The first kappa shape index (κ1) is 26.3. The van der Waals surface area contributed by atoms with Crippen molar-refractivity contribution in [1.82, 2.24) is 29.9 Å². The third-order valence-electron chi connectivity index (χ3n) is 8.21. The average molecular weight is 579 g/mol. The summed E-state index contributed by atoms with van der Waals surface area (Å²) in [6.07, 6.45) is -3.27. The molecule has 0 radical (unpaired) electrons. The third kappa shape index (κ3) is 4.44. The standard InChI is InChI=1S/C23H24F6N6O3S/c24-22(25,26)18-30-17(31-32-18)15-5-20(6-15)10-34(11-20)19(36)35-12-21(13-35)8-33(9-21)7-14-1-3-16(4-2-14)39(37,38)23(27,28)29/h1-4,15H,5-13H2,(H,30,31,32). The van der Waals surface area contributed by atoms with Gasteiger partial charge in [0.15, 0.2) is 0 Å². The number of benzene rings is 1. The van der Waals surface area contributed by atoms with Crippen LogP contribution in [0, 0.1) is 10.8 Å². The van der Waals surface area contributed by atoms with Gasteiger partial charge in [-0.3, -0.25) is 10.00 Å². The van der Waals surface area contributed by atoms with Gasteiger partial charge in [0, 0.05) is 62.6 Å². The van der Waals surface area contributed by atoms with E-state index in [-0.39, 0.29) is 28.6 Å². The Hall–Kier alpha value is -2.88. The topological polar surface area (TPSA) is 102 Å². The molecule has 4 aliphatic rings. The van der Waals surface area contributed by atoms with Gasteiger partial charge in [-0.25, -0.2) is 18.2 Å². The number of halogens is 6. The van der Waals surface area contributed by atoms with Gasteiger partial charge in [0.1, 0.15) is 5.82 Å². The molecule has 9 nitrogen and oxygen atoms in total. The molecule has 16 heteroatoms. The molecule has 3 aliphatic heterocycles. The van der Waals surface area contributed by atoms with E-state index in [1.165, 1.54) is 12.1 Å². The van der Waals surface area contributed by atoms with Gasteiger partial charge in [0.25, 0.3) is 15.7 Å². The highest BCUT2D eigenvalue weighted by Gasteiger charge is 2.58. The van der Waals surface area contributed by atoms with Crippen LogP contribution in [-0.4, -0.2) is 89.1 Å². The zero-order chi connectivity index (χ0) is 28.0. The molecular weight excluding hydrogens is 554 g/mol. The number of carbonyl (C=O) groups is 1. The minimum atomic E-state index is -5.37. The summed E-state index contributed by atoms with van der Waals surface area (Å²) in [5.74, 6) is -1.05. The van der Waals surface area contributed by atoms with Gasteiger partial charge in [0.05, 0.1) is 4.90 Å². The van der Waals surface area contributed by atoms with Gasteiger partial charge in [0.2, 0.25) is 0 Å². The lowest BCUT2D eigenvalue weighted by atomic mass is 9.57. The number of hydrogen-bond donors (Lipinski definition) is 1. The summed E-state index contributed by atoms with van der Waals surface area (Å²) in [5.41, 5.74) is -4.73. The Kier molecular flexibility index (Phi) is 5.62. The van der Waals surface area contributed by atoms with E-state index >= 15 is 0 Å². The summed E-state index contributed by atoms with van der Waals surface area (Å²) < 4.78 is 99.2.